The number of carbonyl (C=O) groups is 2. The first-order chi connectivity index (χ1) is 17.4. The van der Waals surface area contributed by atoms with Gasteiger partial charge in [0.25, 0.3) is 0 Å². The number of anilines is 1. The van der Waals surface area contributed by atoms with Crippen molar-refractivity contribution in [1.29, 1.82) is 0 Å². The third kappa shape index (κ3) is 6.48. The molecule has 0 atom stereocenters. The summed E-state index contributed by atoms with van der Waals surface area (Å²) in [5.41, 5.74) is 1.49. The van der Waals surface area contributed by atoms with Crippen molar-refractivity contribution in [1.82, 2.24) is 9.80 Å². The molecular weight excluding hydrogens is 478 g/mol. The maximum absolute atomic E-state index is 13.6. The van der Waals surface area contributed by atoms with Crippen LogP contribution in [-0.2, 0) is 17.9 Å². The topological polar surface area (TPSA) is 80.3 Å². The second-order valence-electron chi connectivity index (χ2n) is 8.92. The number of amides is 3. The number of nitrogens with zero attached hydrogens (tertiary/aromatic N) is 2. The summed E-state index contributed by atoms with van der Waals surface area (Å²) < 4.78 is 16.3. The van der Waals surface area contributed by atoms with E-state index >= 15 is 0 Å². The Morgan fingerprint density at radius 2 is 1.83 bits per heavy atom. The highest BCUT2D eigenvalue weighted by atomic mass is 32.1. The van der Waals surface area contributed by atoms with Gasteiger partial charge < -0.3 is 29.3 Å². The lowest BCUT2D eigenvalue weighted by Gasteiger charge is -2.29. The van der Waals surface area contributed by atoms with Crippen LogP contribution in [0.25, 0.3) is 0 Å². The normalized spacial score (nSPS) is 11.9. The van der Waals surface area contributed by atoms with Crippen molar-refractivity contribution in [3.05, 3.63) is 70.4 Å². The maximum Gasteiger partial charge on any atom is 0.322 e. The molecule has 190 valence electrons. The van der Waals surface area contributed by atoms with Gasteiger partial charge in [-0.15, -0.1) is 11.3 Å². The molecule has 9 heteroatoms. The van der Waals surface area contributed by atoms with Gasteiger partial charge in [-0.3, -0.25) is 4.79 Å². The minimum Gasteiger partial charge on any atom is -0.495 e. The number of fused-ring (bicyclic) bond motifs is 1. The first-order valence-electron chi connectivity index (χ1n) is 11.8. The van der Waals surface area contributed by atoms with Gasteiger partial charge in [0.2, 0.25) is 12.7 Å². The Labute approximate surface area is 215 Å². The molecule has 0 saturated carbocycles. The van der Waals surface area contributed by atoms with Crippen LogP contribution in [0.4, 0.5) is 10.5 Å². The summed E-state index contributed by atoms with van der Waals surface area (Å²) in [6.45, 7) is 5.46. The van der Waals surface area contributed by atoms with Gasteiger partial charge in [0, 0.05) is 18.0 Å². The Bertz CT molecular complexity index is 1180. The number of nitrogens with one attached hydrogen (secondary N) is 1. The van der Waals surface area contributed by atoms with Crippen molar-refractivity contribution in [2.45, 2.75) is 26.9 Å². The van der Waals surface area contributed by atoms with Gasteiger partial charge in [-0.2, -0.15) is 0 Å². The third-order valence-corrected chi connectivity index (χ3v) is 6.50. The lowest BCUT2D eigenvalue weighted by atomic mass is 10.1. The second kappa shape index (κ2) is 11.8. The summed E-state index contributed by atoms with van der Waals surface area (Å²) in [7, 11) is 1.55. The van der Waals surface area contributed by atoms with E-state index in [1.165, 1.54) is 0 Å². The number of benzene rings is 2. The lowest BCUT2D eigenvalue weighted by Crippen LogP contribution is -2.45. The van der Waals surface area contributed by atoms with Crippen molar-refractivity contribution >= 4 is 29.0 Å². The lowest BCUT2D eigenvalue weighted by molar-refractivity contribution is -0.133. The van der Waals surface area contributed by atoms with Gasteiger partial charge in [-0.25, -0.2) is 4.79 Å². The molecule has 1 N–H and O–H groups in total. The van der Waals surface area contributed by atoms with Crippen LogP contribution in [0.5, 0.6) is 17.2 Å². The summed E-state index contributed by atoms with van der Waals surface area (Å²) in [5.74, 6) is 1.97. The Morgan fingerprint density at radius 1 is 1.03 bits per heavy atom. The molecular formula is C27H31N3O5S. The van der Waals surface area contributed by atoms with Gasteiger partial charge in [0.15, 0.2) is 11.5 Å². The zero-order valence-electron chi connectivity index (χ0n) is 20.7. The Hall–Kier alpha value is -3.72. The molecule has 4 rings (SSSR count). The molecule has 2 heterocycles. The summed E-state index contributed by atoms with van der Waals surface area (Å²) in [4.78, 5) is 31.2. The molecule has 1 aliphatic rings. The van der Waals surface area contributed by atoms with Gasteiger partial charge in [0.05, 0.1) is 19.3 Å². The van der Waals surface area contributed by atoms with Crippen molar-refractivity contribution in [3.63, 3.8) is 0 Å². The van der Waals surface area contributed by atoms with Crippen molar-refractivity contribution < 1.29 is 23.8 Å². The third-order valence-electron chi connectivity index (χ3n) is 5.64. The van der Waals surface area contributed by atoms with E-state index in [9.17, 15) is 9.59 Å². The molecule has 0 aliphatic carbocycles. The fourth-order valence-electron chi connectivity index (χ4n) is 3.95. The molecule has 1 aromatic heterocycles. The highest BCUT2D eigenvalue weighted by molar-refractivity contribution is 7.09. The van der Waals surface area contributed by atoms with E-state index in [0.29, 0.717) is 42.6 Å². The zero-order valence-corrected chi connectivity index (χ0v) is 21.5. The molecule has 3 amide bonds. The van der Waals surface area contributed by atoms with Crippen LogP contribution in [0, 0.1) is 5.92 Å². The Morgan fingerprint density at radius 3 is 2.58 bits per heavy atom. The fourth-order valence-corrected chi connectivity index (χ4v) is 4.67. The van der Waals surface area contributed by atoms with Crippen LogP contribution < -0.4 is 19.5 Å². The molecule has 0 radical (unpaired) electrons. The van der Waals surface area contributed by atoms with Crippen molar-refractivity contribution in [2.75, 3.05) is 32.3 Å². The fraction of sp³-hybridized carbons (Fsp3) is 0.333. The number of rotatable bonds is 10. The highest BCUT2D eigenvalue weighted by Gasteiger charge is 2.24. The Balaban J connectivity index is 1.51. The quantitative estimate of drug-likeness (QED) is 0.406. The first-order valence-corrected chi connectivity index (χ1v) is 12.7. The zero-order chi connectivity index (χ0) is 25.5. The summed E-state index contributed by atoms with van der Waals surface area (Å²) in [5, 5.41) is 4.89. The van der Waals surface area contributed by atoms with Crippen LogP contribution in [0.15, 0.2) is 60.0 Å². The predicted octanol–water partition coefficient (Wildman–Crippen LogP) is 5.20. The molecule has 0 unspecified atom stereocenters. The number of urea groups is 1. The summed E-state index contributed by atoms with van der Waals surface area (Å²) in [6.07, 6.45) is 0. The van der Waals surface area contributed by atoms with Crippen LogP contribution >= 0.6 is 11.3 Å². The number of para-hydroxylation sites is 2. The van der Waals surface area contributed by atoms with E-state index in [1.807, 2.05) is 61.7 Å². The van der Waals surface area contributed by atoms with Crippen molar-refractivity contribution in [2.24, 2.45) is 5.92 Å². The number of hydrogen-bond donors (Lipinski definition) is 1. The van der Waals surface area contributed by atoms with E-state index < -0.39 is 0 Å². The van der Waals surface area contributed by atoms with Crippen LogP contribution in [0.2, 0.25) is 0 Å². The molecule has 8 nitrogen and oxygen atoms in total. The minimum atomic E-state index is -0.347. The van der Waals surface area contributed by atoms with E-state index in [1.54, 1.807) is 40.4 Å². The standard InChI is InChI=1S/C27H31N3O5S/c1-19(2)14-30(27(32)28-22-8-4-5-9-23(22)33-3)17-26(31)29(16-21-7-6-12-36-21)15-20-10-11-24-25(13-20)35-18-34-24/h4-13,19H,14-18H2,1-3H3,(H,28,32). The average molecular weight is 510 g/mol. The van der Waals surface area contributed by atoms with Crippen LogP contribution in [0.3, 0.4) is 0 Å². The monoisotopic (exact) mass is 509 g/mol. The molecule has 3 aromatic rings. The van der Waals surface area contributed by atoms with Gasteiger partial charge >= 0.3 is 6.03 Å². The summed E-state index contributed by atoms with van der Waals surface area (Å²) >= 11 is 1.60. The smallest absolute Gasteiger partial charge is 0.322 e. The number of methoxy groups -OCH3 is 1. The predicted molar refractivity (Wildman–Crippen MR) is 140 cm³/mol. The summed E-state index contributed by atoms with van der Waals surface area (Å²) in [6, 6.07) is 16.5. The number of ether oxygens (including phenoxy) is 3. The molecule has 0 bridgehead atoms. The molecule has 36 heavy (non-hydrogen) atoms. The Kier molecular flexibility index (Phi) is 8.32. The van der Waals surface area contributed by atoms with E-state index in [-0.39, 0.29) is 31.2 Å². The first kappa shape index (κ1) is 25.4. The van der Waals surface area contributed by atoms with Gasteiger partial charge in [-0.1, -0.05) is 38.1 Å². The molecule has 2 aromatic carbocycles. The number of carbonyl (C=O) groups excluding carboxylic acids is 2. The van der Waals surface area contributed by atoms with Gasteiger partial charge in [0.1, 0.15) is 12.3 Å². The largest absolute Gasteiger partial charge is 0.495 e. The van der Waals surface area contributed by atoms with Crippen LogP contribution in [0.1, 0.15) is 24.3 Å². The minimum absolute atomic E-state index is 0.0465. The van der Waals surface area contributed by atoms with E-state index in [0.717, 1.165) is 10.4 Å². The average Bonchev–Trinajstić information content (AvgIpc) is 3.55. The second-order valence-corrected chi connectivity index (χ2v) is 9.95. The van der Waals surface area contributed by atoms with Gasteiger partial charge in [-0.05, 0) is 47.2 Å². The highest BCUT2D eigenvalue weighted by Crippen LogP contribution is 2.33. The maximum atomic E-state index is 13.6. The van der Waals surface area contributed by atoms with E-state index in [4.69, 9.17) is 14.2 Å². The number of hydrogen-bond acceptors (Lipinski definition) is 6. The van der Waals surface area contributed by atoms with Crippen LogP contribution in [-0.4, -0.2) is 48.7 Å². The molecule has 0 spiro atoms. The van der Waals surface area contributed by atoms with Crippen molar-refractivity contribution in [3.8, 4) is 17.2 Å². The molecule has 0 fully saturated rings. The SMILES string of the molecule is COc1ccccc1NC(=O)N(CC(=O)N(Cc1ccc2c(c1)OCO2)Cc1cccs1)CC(C)C. The molecule has 0 saturated heterocycles. The number of thiophene rings is 1. The molecule has 1 aliphatic heterocycles. The van der Waals surface area contributed by atoms with E-state index in [2.05, 4.69) is 5.32 Å².